The average molecular weight is 214 g/mol. The summed E-state index contributed by atoms with van der Waals surface area (Å²) in [6.45, 7) is 13.9. The summed E-state index contributed by atoms with van der Waals surface area (Å²) >= 11 is 0. The maximum absolute atomic E-state index is 3.59. The van der Waals surface area contributed by atoms with E-state index in [4.69, 9.17) is 0 Å². The van der Waals surface area contributed by atoms with Gasteiger partial charge in [0.2, 0.25) is 0 Å². The highest BCUT2D eigenvalue weighted by Crippen LogP contribution is 1.96. The predicted octanol–water partition coefficient (Wildman–Crippen LogP) is 2.89. The molecule has 0 bridgehead atoms. The number of nitrogens with zero attached hydrogens (tertiary/aromatic N) is 1. The Morgan fingerprint density at radius 2 is 1.53 bits per heavy atom. The Morgan fingerprint density at radius 3 is 2.00 bits per heavy atom. The van der Waals surface area contributed by atoms with Gasteiger partial charge in [-0.2, -0.15) is 0 Å². The molecular weight excluding hydrogens is 184 g/mol. The van der Waals surface area contributed by atoms with Crippen molar-refractivity contribution in [3.63, 3.8) is 0 Å². The fourth-order valence-electron chi connectivity index (χ4n) is 1.97. The maximum atomic E-state index is 3.59. The van der Waals surface area contributed by atoms with Crippen LogP contribution in [0.15, 0.2) is 0 Å². The van der Waals surface area contributed by atoms with Gasteiger partial charge in [-0.15, -0.1) is 0 Å². The highest BCUT2D eigenvalue weighted by Gasteiger charge is 2.03. The van der Waals surface area contributed by atoms with Crippen LogP contribution < -0.4 is 5.32 Å². The lowest BCUT2D eigenvalue weighted by atomic mass is 10.2. The highest BCUT2D eigenvalue weighted by atomic mass is 15.1. The van der Waals surface area contributed by atoms with E-state index in [-0.39, 0.29) is 0 Å². The third-order valence-electron chi connectivity index (χ3n) is 2.72. The Morgan fingerprint density at radius 1 is 0.933 bits per heavy atom. The summed E-state index contributed by atoms with van der Waals surface area (Å²) in [6.07, 6.45) is 5.11. The molecule has 0 aromatic rings. The predicted molar refractivity (Wildman–Crippen MR) is 69.4 cm³/mol. The summed E-state index contributed by atoms with van der Waals surface area (Å²) in [4.78, 5) is 2.56. The van der Waals surface area contributed by atoms with Gasteiger partial charge in [0.1, 0.15) is 0 Å². The van der Waals surface area contributed by atoms with E-state index in [9.17, 15) is 0 Å². The Hall–Kier alpha value is -0.0800. The molecule has 1 unspecified atom stereocenters. The molecule has 1 N–H and O–H groups in total. The van der Waals surface area contributed by atoms with Crippen LogP contribution in [0, 0.1) is 0 Å². The van der Waals surface area contributed by atoms with E-state index in [0.29, 0.717) is 6.04 Å². The molecule has 0 aromatic carbocycles. The molecule has 2 heteroatoms. The number of hydrogen-bond acceptors (Lipinski definition) is 2. The van der Waals surface area contributed by atoms with E-state index in [1.54, 1.807) is 0 Å². The van der Waals surface area contributed by atoms with Crippen LogP contribution in [-0.4, -0.2) is 37.1 Å². The average Bonchev–Trinajstić information content (AvgIpc) is 2.19. The van der Waals surface area contributed by atoms with E-state index in [1.807, 2.05) is 0 Å². The molecule has 0 aliphatic carbocycles. The fourth-order valence-corrected chi connectivity index (χ4v) is 1.97. The molecule has 0 amide bonds. The minimum atomic E-state index is 0.681. The van der Waals surface area contributed by atoms with Crippen molar-refractivity contribution in [2.75, 3.05) is 26.2 Å². The van der Waals surface area contributed by atoms with E-state index < -0.39 is 0 Å². The minimum absolute atomic E-state index is 0.681. The SMILES string of the molecule is CCCC(C)NCCN(CCC)CCC. The van der Waals surface area contributed by atoms with Gasteiger partial charge >= 0.3 is 0 Å². The molecule has 1 atom stereocenters. The molecule has 0 radical (unpaired) electrons. The first-order valence-electron chi connectivity index (χ1n) is 6.70. The summed E-state index contributed by atoms with van der Waals surface area (Å²) in [5.74, 6) is 0. The summed E-state index contributed by atoms with van der Waals surface area (Å²) in [5.41, 5.74) is 0. The molecule has 0 aliphatic heterocycles. The van der Waals surface area contributed by atoms with Crippen LogP contribution in [0.25, 0.3) is 0 Å². The van der Waals surface area contributed by atoms with Gasteiger partial charge < -0.3 is 10.2 Å². The lowest BCUT2D eigenvalue weighted by Crippen LogP contribution is -2.36. The van der Waals surface area contributed by atoms with E-state index in [2.05, 4.69) is 37.9 Å². The molecule has 0 spiro atoms. The molecule has 0 heterocycles. The largest absolute Gasteiger partial charge is 0.313 e. The van der Waals surface area contributed by atoms with Gasteiger partial charge in [0, 0.05) is 19.1 Å². The molecular formula is C13H30N2. The summed E-state index contributed by atoms with van der Waals surface area (Å²) in [7, 11) is 0. The van der Waals surface area contributed by atoms with Crippen LogP contribution in [0.3, 0.4) is 0 Å². The Kier molecular flexibility index (Phi) is 10.4. The molecule has 0 saturated heterocycles. The van der Waals surface area contributed by atoms with Crippen molar-refractivity contribution in [3.05, 3.63) is 0 Å². The zero-order valence-corrected chi connectivity index (χ0v) is 11.2. The smallest absolute Gasteiger partial charge is 0.0107 e. The van der Waals surface area contributed by atoms with Gasteiger partial charge in [-0.1, -0.05) is 27.2 Å². The highest BCUT2D eigenvalue weighted by molar-refractivity contribution is 4.63. The first-order valence-corrected chi connectivity index (χ1v) is 6.70. The quantitative estimate of drug-likeness (QED) is 0.601. The van der Waals surface area contributed by atoms with Crippen molar-refractivity contribution in [1.29, 1.82) is 0 Å². The Bertz CT molecular complexity index is 120. The Labute approximate surface area is 96.4 Å². The number of rotatable bonds is 10. The second-order valence-corrected chi connectivity index (χ2v) is 4.49. The van der Waals surface area contributed by atoms with Crippen molar-refractivity contribution in [1.82, 2.24) is 10.2 Å². The van der Waals surface area contributed by atoms with Gasteiger partial charge in [-0.3, -0.25) is 0 Å². The van der Waals surface area contributed by atoms with Crippen molar-refractivity contribution in [3.8, 4) is 0 Å². The zero-order valence-electron chi connectivity index (χ0n) is 11.2. The van der Waals surface area contributed by atoms with E-state index in [1.165, 1.54) is 45.3 Å². The van der Waals surface area contributed by atoms with Crippen molar-refractivity contribution in [2.24, 2.45) is 0 Å². The molecule has 0 aliphatic rings. The zero-order chi connectivity index (χ0) is 11.5. The third-order valence-corrected chi connectivity index (χ3v) is 2.72. The molecule has 0 aromatic heterocycles. The lowest BCUT2D eigenvalue weighted by molar-refractivity contribution is 0.269. The van der Waals surface area contributed by atoms with Gasteiger partial charge in [-0.05, 0) is 39.3 Å². The van der Waals surface area contributed by atoms with E-state index >= 15 is 0 Å². The molecule has 0 saturated carbocycles. The van der Waals surface area contributed by atoms with Gasteiger partial charge in [-0.25, -0.2) is 0 Å². The number of hydrogen-bond donors (Lipinski definition) is 1. The van der Waals surface area contributed by atoms with Crippen LogP contribution >= 0.6 is 0 Å². The van der Waals surface area contributed by atoms with Crippen LogP contribution in [-0.2, 0) is 0 Å². The molecule has 92 valence electrons. The first kappa shape index (κ1) is 14.9. The summed E-state index contributed by atoms with van der Waals surface area (Å²) in [5, 5.41) is 3.59. The van der Waals surface area contributed by atoms with Crippen molar-refractivity contribution < 1.29 is 0 Å². The van der Waals surface area contributed by atoms with Crippen molar-refractivity contribution in [2.45, 2.75) is 59.4 Å². The summed E-state index contributed by atoms with van der Waals surface area (Å²) < 4.78 is 0. The van der Waals surface area contributed by atoms with E-state index in [0.717, 1.165) is 6.54 Å². The van der Waals surface area contributed by atoms with Crippen LogP contribution in [0.1, 0.15) is 53.4 Å². The lowest BCUT2D eigenvalue weighted by Gasteiger charge is -2.22. The topological polar surface area (TPSA) is 15.3 Å². The van der Waals surface area contributed by atoms with Crippen molar-refractivity contribution >= 4 is 0 Å². The molecule has 0 rings (SSSR count). The third kappa shape index (κ3) is 8.88. The second kappa shape index (κ2) is 10.4. The van der Waals surface area contributed by atoms with Crippen LogP contribution in [0.2, 0.25) is 0 Å². The fraction of sp³-hybridized carbons (Fsp3) is 1.00. The summed E-state index contributed by atoms with van der Waals surface area (Å²) in [6, 6.07) is 0.681. The Balaban J connectivity index is 3.51. The normalized spacial score (nSPS) is 13.4. The van der Waals surface area contributed by atoms with Gasteiger partial charge in [0.25, 0.3) is 0 Å². The van der Waals surface area contributed by atoms with Crippen LogP contribution in [0.4, 0.5) is 0 Å². The molecule has 0 fully saturated rings. The molecule has 15 heavy (non-hydrogen) atoms. The van der Waals surface area contributed by atoms with Gasteiger partial charge in [0.15, 0.2) is 0 Å². The van der Waals surface area contributed by atoms with Crippen LogP contribution in [0.5, 0.6) is 0 Å². The molecule has 2 nitrogen and oxygen atoms in total. The first-order chi connectivity index (χ1) is 7.24. The monoisotopic (exact) mass is 214 g/mol. The minimum Gasteiger partial charge on any atom is -0.313 e. The standard InChI is InChI=1S/C13H30N2/c1-5-8-13(4)14-9-12-15(10-6-2)11-7-3/h13-14H,5-12H2,1-4H3. The van der Waals surface area contributed by atoms with Gasteiger partial charge in [0.05, 0.1) is 0 Å². The number of nitrogens with one attached hydrogen (secondary N) is 1. The maximum Gasteiger partial charge on any atom is 0.0107 e. The second-order valence-electron chi connectivity index (χ2n) is 4.49.